The number of hydrogen-bond donors (Lipinski definition) is 1. The van der Waals surface area contributed by atoms with Crippen LogP contribution in [0.3, 0.4) is 0 Å². The van der Waals surface area contributed by atoms with Crippen LogP contribution in [0.15, 0.2) is 36.4 Å². The first-order valence-corrected chi connectivity index (χ1v) is 5.68. The van der Waals surface area contributed by atoms with E-state index in [1.165, 1.54) is 30.3 Å². The second kappa shape index (κ2) is 5.03. The molecule has 0 fully saturated rings. The quantitative estimate of drug-likeness (QED) is 0.660. The number of nitrogen functional groups attached to an aromatic ring is 1. The molecule has 0 saturated carbocycles. The van der Waals surface area contributed by atoms with Crippen molar-refractivity contribution in [2.45, 2.75) is 13.3 Å². The summed E-state index contributed by atoms with van der Waals surface area (Å²) in [6, 6.07) is 7.80. The van der Waals surface area contributed by atoms with Crippen LogP contribution in [0.1, 0.15) is 5.56 Å². The molecule has 0 unspecified atom stereocenters. The number of ether oxygens (including phenoxy) is 1. The zero-order valence-electron chi connectivity index (χ0n) is 10.5. The van der Waals surface area contributed by atoms with Gasteiger partial charge >= 0.3 is 6.36 Å². The Kier molecular flexibility index (Phi) is 3.57. The van der Waals surface area contributed by atoms with Gasteiger partial charge in [0.25, 0.3) is 0 Å². The number of halogens is 4. The summed E-state index contributed by atoms with van der Waals surface area (Å²) < 4.78 is 54.9. The molecule has 0 aliphatic heterocycles. The second-order valence-corrected chi connectivity index (χ2v) is 4.23. The molecule has 0 saturated heterocycles. The van der Waals surface area contributed by atoms with Gasteiger partial charge in [-0.25, -0.2) is 4.39 Å². The van der Waals surface area contributed by atoms with Gasteiger partial charge in [-0.3, -0.25) is 0 Å². The Morgan fingerprint density at radius 2 is 1.70 bits per heavy atom. The molecule has 2 aromatic carbocycles. The predicted molar refractivity (Wildman–Crippen MR) is 67.7 cm³/mol. The zero-order chi connectivity index (χ0) is 14.9. The molecule has 0 spiro atoms. The lowest BCUT2D eigenvalue weighted by molar-refractivity contribution is -0.274. The van der Waals surface area contributed by atoms with Gasteiger partial charge in [0.2, 0.25) is 0 Å². The third-order valence-corrected chi connectivity index (χ3v) is 2.76. The molecule has 0 radical (unpaired) electrons. The van der Waals surface area contributed by atoms with E-state index >= 15 is 0 Å². The molecule has 0 aliphatic rings. The van der Waals surface area contributed by atoms with Crippen LogP contribution in [-0.4, -0.2) is 6.36 Å². The Hall–Kier alpha value is -2.24. The Balaban J connectivity index is 2.56. The summed E-state index contributed by atoms with van der Waals surface area (Å²) in [6.45, 7) is 1.61. The monoisotopic (exact) mass is 285 g/mol. The average molecular weight is 285 g/mol. The third-order valence-electron chi connectivity index (χ3n) is 2.76. The molecule has 2 aromatic rings. The maximum Gasteiger partial charge on any atom is 0.573 e. The minimum atomic E-state index is -4.84. The van der Waals surface area contributed by atoms with Crippen molar-refractivity contribution in [2.75, 3.05) is 5.73 Å². The van der Waals surface area contributed by atoms with Crippen molar-refractivity contribution in [1.82, 2.24) is 0 Å². The summed E-state index contributed by atoms with van der Waals surface area (Å²) in [7, 11) is 0. The number of benzene rings is 2. The van der Waals surface area contributed by atoms with Crippen LogP contribution >= 0.6 is 0 Å². The molecule has 20 heavy (non-hydrogen) atoms. The van der Waals surface area contributed by atoms with Crippen molar-refractivity contribution >= 4 is 5.69 Å². The van der Waals surface area contributed by atoms with Crippen molar-refractivity contribution < 1.29 is 22.3 Å². The molecule has 0 heterocycles. The molecule has 0 amide bonds. The van der Waals surface area contributed by atoms with Gasteiger partial charge in [-0.2, -0.15) is 0 Å². The summed E-state index contributed by atoms with van der Waals surface area (Å²) in [6.07, 6.45) is -4.84. The van der Waals surface area contributed by atoms with Crippen LogP contribution in [-0.2, 0) is 0 Å². The first-order valence-electron chi connectivity index (χ1n) is 5.68. The van der Waals surface area contributed by atoms with Crippen LogP contribution in [0.25, 0.3) is 11.1 Å². The standard InChI is InChI=1S/C14H11F4NO/c1-8-6-11(15)10(7-12(8)19)9-4-2-3-5-13(9)20-14(16,17)18/h2-7H,19H2,1H3. The average Bonchev–Trinajstić information content (AvgIpc) is 2.33. The van der Waals surface area contributed by atoms with E-state index in [2.05, 4.69) is 4.74 Å². The van der Waals surface area contributed by atoms with E-state index in [0.717, 1.165) is 6.07 Å². The van der Waals surface area contributed by atoms with Gasteiger partial charge in [0.1, 0.15) is 11.6 Å². The first kappa shape index (κ1) is 14.2. The molecule has 2 N–H and O–H groups in total. The molecule has 2 rings (SSSR count). The Labute approximate surface area is 112 Å². The highest BCUT2D eigenvalue weighted by molar-refractivity contribution is 5.74. The molecular weight excluding hydrogens is 274 g/mol. The fraction of sp³-hybridized carbons (Fsp3) is 0.143. The first-order chi connectivity index (χ1) is 9.28. The number of aryl methyl sites for hydroxylation is 1. The van der Waals surface area contributed by atoms with E-state index in [1.54, 1.807) is 6.92 Å². The summed E-state index contributed by atoms with van der Waals surface area (Å²) in [5, 5.41) is 0. The van der Waals surface area contributed by atoms with Crippen molar-refractivity contribution in [3.05, 3.63) is 47.8 Å². The second-order valence-electron chi connectivity index (χ2n) is 4.23. The van der Waals surface area contributed by atoms with E-state index in [9.17, 15) is 17.6 Å². The molecule has 106 valence electrons. The minimum absolute atomic E-state index is 0.00553. The lowest BCUT2D eigenvalue weighted by Gasteiger charge is -2.14. The number of rotatable bonds is 2. The molecular formula is C14H11F4NO. The molecule has 0 aliphatic carbocycles. The number of para-hydroxylation sites is 1. The van der Waals surface area contributed by atoms with Crippen molar-refractivity contribution in [3.8, 4) is 16.9 Å². The lowest BCUT2D eigenvalue weighted by atomic mass is 10.0. The van der Waals surface area contributed by atoms with Crippen LogP contribution in [0.4, 0.5) is 23.2 Å². The Bertz CT molecular complexity index is 638. The fourth-order valence-corrected chi connectivity index (χ4v) is 1.80. The van der Waals surface area contributed by atoms with Crippen LogP contribution < -0.4 is 10.5 Å². The summed E-state index contributed by atoms with van der Waals surface area (Å²) in [4.78, 5) is 0. The van der Waals surface area contributed by atoms with Gasteiger partial charge < -0.3 is 10.5 Å². The van der Waals surface area contributed by atoms with Crippen molar-refractivity contribution in [3.63, 3.8) is 0 Å². The number of anilines is 1. The smallest absolute Gasteiger partial charge is 0.405 e. The molecule has 0 atom stereocenters. The van der Waals surface area contributed by atoms with Crippen molar-refractivity contribution in [1.29, 1.82) is 0 Å². The molecule has 6 heteroatoms. The normalized spacial score (nSPS) is 11.4. The zero-order valence-corrected chi connectivity index (χ0v) is 10.5. The van der Waals surface area contributed by atoms with Gasteiger partial charge in [-0.05, 0) is 30.7 Å². The molecule has 0 bridgehead atoms. The maximum atomic E-state index is 13.9. The summed E-state index contributed by atoms with van der Waals surface area (Å²) in [5.41, 5.74) is 6.44. The van der Waals surface area contributed by atoms with E-state index in [-0.39, 0.29) is 11.1 Å². The van der Waals surface area contributed by atoms with E-state index in [4.69, 9.17) is 5.73 Å². The summed E-state index contributed by atoms with van der Waals surface area (Å²) in [5.74, 6) is -1.13. The highest BCUT2D eigenvalue weighted by Gasteiger charge is 2.32. The molecule has 2 nitrogen and oxygen atoms in total. The Morgan fingerprint density at radius 3 is 2.35 bits per heavy atom. The predicted octanol–water partition coefficient (Wildman–Crippen LogP) is 4.28. The van der Waals surface area contributed by atoms with E-state index in [1.807, 2.05) is 0 Å². The van der Waals surface area contributed by atoms with E-state index < -0.39 is 17.9 Å². The number of nitrogens with two attached hydrogens (primary N) is 1. The highest BCUT2D eigenvalue weighted by Crippen LogP contribution is 2.36. The highest BCUT2D eigenvalue weighted by atomic mass is 19.4. The number of hydrogen-bond acceptors (Lipinski definition) is 2. The number of alkyl halides is 3. The fourth-order valence-electron chi connectivity index (χ4n) is 1.80. The largest absolute Gasteiger partial charge is 0.573 e. The molecule has 0 aromatic heterocycles. The van der Waals surface area contributed by atoms with Crippen LogP contribution in [0.2, 0.25) is 0 Å². The SMILES string of the molecule is Cc1cc(F)c(-c2ccccc2OC(F)(F)F)cc1N. The van der Waals surface area contributed by atoms with Crippen LogP contribution in [0.5, 0.6) is 5.75 Å². The van der Waals surface area contributed by atoms with Gasteiger partial charge in [-0.1, -0.05) is 18.2 Å². The van der Waals surface area contributed by atoms with Gasteiger partial charge in [-0.15, -0.1) is 13.2 Å². The van der Waals surface area contributed by atoms with Gasteiger partial charge in [0, 0.05) is 16.8 Å². The Morgan fingerprint density at radius 1 is 1.05 bits per heavy atom. The minimum Gasteiger partial charge on any atom is -0.405 e. The third kappa shape index (κ3) is 3.01. The lowest BCUT2D eigenvalue weighted by Crippen LogP contribution is -2.17. The van der Waals surface area contributed by atoms with Crippen molar-refractivity contribution in [2.24, 2.45) is 0 Å². The van der Waals surface area contributed by atoms with Crippen LogP contribution in [0, 0.1) is 12.7 Å². The van der Waals surface area contributed by atoms with Gasteiger partial charge in [0.05, 0.1) is 0 Å². The van der Waals surface area contributed by atoms with Gasteiger partial charge in [0.15, 0.2) is 0 Å². The maximum absolute atomic E-state index is 13.9. The topological polar surface area (TPSA) is 35.2 Å². The summed E-state index contributed by atoms with van der Waals surface area (Å²) >= 11 is 0. The van der Waals surface area contributed by atoms with E-state index in [0.29, 0.717) is 11.3 Å².